The molecular formula is C17H27N3O2S. The summed E-state index contributed by atoms with van der Waals surface area (Å²) in [5.74, 6) is 1.94. The summed E-state index contributed by atoms with van der Waals surface area (Å²) in [5.41, 5.74) is 0. The van der Waals surface area contributed by atoms with Crippen molar-refractivity contribution in [2.24, 2.45) is 11.8 Å². The summed E-state index contributed by atoms with van der Waals surface area (Å²) >= 11 is 5.62. The van der Waals surface area contributed by atoms with Gasteiger partial charge in [-0.25, -0.2) is 0 Å². The number of carbonyl (C=O) groups excluding carboxylic acids is 1. The van der Waals surface area contributed by atoms with E-state index in [1.807, 2.05) is 4.90 Å². The van der Waals surface area contributed by atoms with Gasteiger partial charge in [-0.15, -0.1) is 0 Å². The van der Waals surface area contributed by atoms with E-state index in [2.05, 4.69) is 10.2 Å². The fourth-order valence-electron chi connectivity index (χ4n) is 4.78. The van der Waals surface area contributed by atoms with Crippen molar-refractivity contribution in [3.05, 3.63) is 0 Å². The van der Waals surface area contributed by atoms with Crippen LogP contribution in [0.5, 0.6) is 0 Å². The van der Waals surface area contributed by atoms with Crippen LogP contribution in [0, 0.1) is 11.8 Å². The van der Waals surface area contributed by atoms with Crippen molar-refractivity contribution in [2.75, 3.05) is 32.8 Å². The molecular weight excluding hydrogens is 310 g/mol. The van der Waals surface area contributed by atoms with Crippen molar-refractivity contribution in [3.63, 3.8) is 0 Å². The molecule has 4 aliphatic rings. The Morgan fingerprint density at radius 3 is 2.43 bits per heavy atom. The lowest BCUT2D eigenvalue weighted by Gasteiger charge is -2.38. The Hall–Kier alpha value is -0.880. The molecule has 1 N–H and O–H groups in total. The Labute approximate surface area is 143 Å². The second-order valence-corrected chi connectivity index (χ2v) is 7.93. The van der Waals surface area contributed by atoms with Crippen LogP contribution in [-0.4, -0.2) is 65.8 Å². The third-order valence-electron chi connectivity index (χ3n) is 6.13. The molecule has 2 saturated carbocycles. The van der Waals surface area contributed by atoms with Crippen LogP contribution in [0.4, 0.5) is 0 Å². The Kier molecular flexibility index (Phi) is 4.46. The van der Waals surface area contributed by atoms with E-state index >= 15 is 0 Å². The fourth-order valence-corrected chi connectivity index (χ4v) is 5.11. The SMILES string of the molecule is O=C([C@H]1CCCO1)N1CCN(C(=S)N[C@H]2C[C@@H]3CC[C@@H]2C3)CC1. The van der Waals surface area contributed by atoms with Crippen molar-refractivity contribution < 1.29 is 9.53 Å². The van der Waals surface area contributed by atoms with E-state index in [0.717, 1.165) is 62.6 Å². The number of thiocarbonyl (C=S) groups is 1. The Morgan fingerprint density at radius 2 is 1.83 bits per heavy atom. The molecule has 6 heteroatoms. The molecule has 23 heavy (non-hydrogen) atoms. The highest BCUT2D eigenvalue weighted by atomic mass is 32.1. The van der Waals surface area contributed by atoms with E-state index in [1.54, 1.807) is 0 Å². The molecule has 1 amide bonds. The number of fused-ring (bicyclic) bond motifs is 2. The molecule has 2 saturated heterocycles. The molecule has 4 atom stereocenters. The molecule has 0 aromatic carbocycles. The van der Waals surface area contributed by atoms with Crippen LogP contribution in [0.15, 0.2) is 0 Å². The number of carbonyl (C=O) groups is 1. The summed E-state index contributed by atoms with van der Waals surface area (Å²) in [6.07, 6.45) is 7.16. The second kappa shape index (κ2) is 6.55. The molecule has 128 valence electrons. The first-order valence-corrected chi connectivity index (χ1v) is 9.57. The van der Waals surface area contributed by atoms with Crippen molar-refractivity contribution in [2.45, 2.75) is 50.7 Å². The highest BCUT2D eigenvalue weighted by Gasteiger charge is 2.40. The molecule has 2 heterocycles. The van der Waals surface area contributed by atoms with Crippen LogP contribution in [0.2, 0.25) is 0 Å². The van der Waals surface area contributed by atoms with Crippen LogP contribution < -0.4 is 5.32 Å². The van der Waals surface area contributed by atoms with Gasteiger partial charge in [0.1, 0.15) is 6.10 Å². The van der Waals surface area contributed by atoms with E-state index in [1.165, 1.54) is 25.7 Å². The maximum atomic E-state index is 12.4. The van der Waals surface area contributed by atoms with Gasteiger partial charge >= 0.3 is 0 Å². The van der Waals surface area contributed by atoms with E-state index in [0.29, 0.717) is 6.04 Å². The van der Waals surface area contributed by atoms with Gasteiger partial charge in [-0.05, 0) is 56.2 Å². The normalized spacial score (nSPS) is 36.5. The van der Waals surface area contributed by atoms with Gasteiger partial charge in [0.25, 0.3) is 5.91 Å². The first-order valence-electron chi connectivity index (χ1n) is 9.16. The molecule has 0 unspecified atom stereocenters. The van der Waals surface area contributed by atoms with Gasteiger partial charge < -0.3 is 19.9 Å². The third kappa shape index (κ3) is 3.20. The van der Waals surface area contributed by atoms with E-state index in [-0.39, 0.29) is 12.0 Å². The number of hydrogen-bond acceptors (Lipinski definition) is 3. The van der Waals surface area contributed by atoms with E-state index in [4.69, 9.17) is 17.0 Å². The van der Waals surface area contributed by atoms with Gasteiger partial charge in [0.2, 0.25) is 0 Å². The van der Waals surface area contributed by atoms with Crippen molar-refractivity contribution in [1.82, 2.24) is 15.1 Å². The van der Waals surface area contributed by atoms with Gasteiger partial charge in [-0.3, -0.25) is 4.79 Å². The topological polar surface area (TPSA) is 44.8 Å². The Bertz CT molecular complexity index is 472. The lowest BCUT2D eigenvalue weighted by Crippen LogP contribution is -2.56. The monoisotopic (exact) mass is 337 g/mol. The molecule has 2 bridgehead atoms. The summed E-state index contributed by atoms with van der Waals surface area (Å²) in [4.78, 5) is 16.6. The highest BCUT2D eigenvalue weighted by molar-refractivity contribution is 7.80. The molecule has 2 aliphatic heterocycles. The number of piperazine rings is 1. The number of hydrogen-bond donors (Lipinski definition) is 1. The summed E-state index contributed by atoms with van der Waals surface area (Å²) < 4.78 is 5.52. The van der Waals surface area contributed by atoms with Crippen molar-refractivity contribution in [3.8, 4) is 0 Å². The maximum absolute atomic E-state index is 12.4. The average molecular weight is 337 g/mol. The standard InChI is InChI=1S/C17H27N3O2S/c21-16(15-2-1-9-22-15)19-5-7-20(8-6-19)17(23)18-14-11-12-3-4-13(14)10-12/h12-15H,1-11H2,(H,18,23)/t12-,13-,14+,15-/m1/s1. The highest BCUT2D eigenvalue weighted by Crippen LogP contribution is 2.44. The molecule has 5 nitrogen and oxygen atoms in total. The smallest absolute Gasteiger partial charge is 0.251 e. The fraction of sp³-hybridized carbons (Fsp3) is 0.882. The zero-order chi connectivity index (χ0) is 15.8. The van der Waals surface area contributed by atoms with Gasteiger partial charge in [-0.2, -0.15) is 0 Å². The number of nitrogens with one attached hydrogen (secondary N) is 1. The van der Waals surface area contributed by atoms with Crippen LogP contribution in [0.1, 0.15) is 38.5 Å². The lowest BCUT2D eigenvalue weighted by atomic mass is 9.95. The van der Waals surface area contributed by atoms with Gasteiger partial charge in [0, 0.05) is 38.8 Å². The predicted molar refractivity (Wildman–Crippen MR) is 92.1 cm³/mol. The zero-order valence-electron chi connectivity index (χ0n) is 13.7. The van der Waals surface area contributed by atoms with Crippen LogP contribution in [-0.2, 0) is 9.53 Å². The summed E-state index contributed by atoms with van der Waals surface area (Å²) in [5, 5.41) is 4.50. The number of nitrogens with zero attached hydrogens (tertiary/aromatic N) is 2. The number of ether oxygens (including phenoxy) is 1. The van der Waals surface area contributed by atoms with Crippen LogP contribution in [0.3, 0.4) is 0 Å². The quantitative estimate of drug-likeness (QED) is 0.771. The van der Waals surface area contributed by atoms with Gasteiger partial charge in [-0.1, -0.05) is 6.42 Å². The zero-order valence-corrected chi connectivity index (χ0v) is 14.5. The van der Waals surface area contributed by atoms with E-state index in [9.17, 15) is 4.79 Å². The predicted octanol–water partition coefficient (Wildman–Crippen LogP) is 1.37. The van der Waals surface area contributed by atoms with Crippen molar-refractivity contribution in [1.29, 1.82) is 0 Å². The van der Waals surface area contributed by atoms with Crippen molar-refractivity contribution >= 4 is 23.2 Å². The van der Waals surface area contributed by atoms with Gasteiger partial charge in [0.05, 0.1) is 0 Å². The lowest BCUT2D eigenvalue weighted by molar-refractivity contribution is -0.142. The first kappa shape index (κ1) is 15.6. The van der Waals surface area contributed by atoms with Crippen LogP contribution >= 0.6 is 12.2 Å². The summed E-state index contributed by atoms with van der Waals surface area (Å²) in [7, 11) is 0. The molecule has 4 fully saturated rings. The third-order valence-corrected chi connectivity index (χ3v) is 6.51. The summed E-state index contributed by atoms with van der Waals surface area (Å²) in [6.45, 7) is 3.93. The largest absolute Gasteiger partial charge is 0.368 e. The number of rotatable bonds is 2. The average Bonchev–Trinajstić information content (AvgIpc) is 3.32. The molecule has 0 aromatic rings. The molecule has 0 spiro atoms. The minimum absolute atomic E-state index is 0.175. The first-order chi connectivity index (χ1) is 11.2. The molecule has 0 radical (unpaired) electrons. The minimum atomic E-state index is -0.194. The minimum Gasteiger partial charge on any atom is -0.368 e. The Balaban J connectivity index is 1.24. The summed E-state index contributed by atoms with van der Waals surface area (Å²) in [6, 6.07) is 0.591. The molecule has 0 aromatic heterocycles. The Morgan fingerprint density at radius 1 is 1.04 bits per heavy atom. The number of amides is 1. The molecule has 2 aliphatic carbocycles. The maximum Gasteiger partial charge on any atom is 0.251 e. The van der Waals surface area contributed by atoms with Crippen LogP contribution in [0.25, 0.3) is 0 Å². The molecule has 4 rings (SSSR count). The second-order valence-electron chi connectivity index (χ2n) is 7.54. The van der Waals surface area contributed by atoms with E-state index < -0.39 is 0 Å². The van der Waals surface area contributed by atoms with Gasteiger partial charge in [0.15, 0.2) is 5.11 Å².